The van der Waals surface area contributed by atoms with Gasteiger partial charge in [0, 0.05) is 0 Å². The normalized spacial score (nSPS) is 11.9. The first-order chi connectivity index (χ1) is 7.27. The van der Waals surface area contributed by atoms with Crippen LogP contribution in [0.25, 0.3) is 0 Å². The van der Waals surface area contributed by atoms with Gasteiger partial charge in [-0.25, -0.2) is 13.8 Å². The topological polar surface area (TPSA) is 48.1 Å². The van der Waals surface area contributed by atoms with Crippen LogP contribution in [0.5, 0.6) is 5.88 Å². The molecule has 0 radical (unpaired) electrons. The van der Waals surface area contributed by atoms with Crippen LogP contribution in [-0.4, -0.2) is 12.1 Å². The molecule has 0 aliphatic carbocycles. The lowest BCUT2D eigenvalue weighted by atomic mass is 10.2. The van der Waals surface area contributed by atoms with Crippen molar-refractivity contribution in [2.75, 3.05) is 12.8 Å². The van der Waals surface area contributed by atoms with E-state index in [4.69, 9.17) is 5.73 Å². The third-order valence-electron chi connectivity index (χ3n) is 1.77. The summed E-state index contributed by atoms with van der Waals surface area (Å²) >= 11 is 0. The van der Waals surface area contributed by atoms with Crippen LogP contribution in [0.15, 0.2) is 6.07 Å². The van der Waals surface area contributed by atoms with Gasteiger partial charge < -0.3 is 10.5 Å². The highest BCUT2D eigenvalue weighted by molar-refractivity contribution is 5.57. The van der Waals surface area contributed by atoms with Crippen molar-refractivity contribution in [3.05, 3.63) is 17.3 Å². The molecule has 90 valence electrons. The van der Waals surface area contributed by atoms with E-state index in [0.29, 0.717) is 0 Å². The minimum atomic E-state index is -4.83. The van der Waals surface area contributed by atoms with Gasteiger partial charge in [-0.3, -0.25) is 0 Å². The minimum absolute atomic E-state index is 0.211. The fourth-order valence-electron chi connectivity index (χ4n) is 1.05. The molecule has 1 heterocycles. The molecule has 0 aromatic carbocycles. The van der Waals surface area contributed by atoms with Crippen LogP contribution < -0.4 is 10.5 Å². The molecule has 0 amide bonds. The van der Waals surface area contributed by atoms with Crippen molar-refractivity contribution >= 4 is 5.69 Å². The third kappa shape index (κ3) is 2.31. The number of rotatable bonds is 2. The van der Waals surface area contributed by atoms with Crippen LogP contribution >= 0.6 is 0 Å². The number of ether oxygens (including phenoxy) is 1. The zero-order chi connectivity index (χ0) is 12.5. The van der Waals surface area contributed by atoms with E-state index >= 15 is 0 Å². The number of anilines is 1. The van der Waals surface area contributed by atoms with Gasteiger partial charge in [-0.15, -0.1) is 0 Å². The molecule has 3 nitrogen and oxygen atoms in total. The molecule has 0 atom stereocenters. The quantitative estimate of drug-likeness (QED) is 0.811. The molecule has 0 unspecified atom stereocenters. The maximum absolute atomic E-state index is 12.4. The van der Waals surface area contributed by atoms with Crippen molar-refractivity contribution < 1.29 is 26.7 Å². The second-order valence-corrected chi connectivity index (χ2v) is 2.82. The first kappa shape index (κ1) is 12.5. The molecule has 0 fully saturated rings. The predicted octanol–water partition coefficient (Wildman–Crippen LogP) is 2.63. The summed E-state index contributed by atoms with van der Waals surface area (Å²) in [5, 5.41) is 0. The van der Waals surface area contributed by atoms with Crippen molar-refractivity contribution in [1.29, 1.82) is 0 Å². The van der Waals surface area contributed by atoms with E-state index in [1.54, 1.807) is 0 Å². The van der Waals surface area contributed by atoms with Crippen LogP contribution in [0.3, 0.4) is 0 Å². The highest BCUT2D eigenvalue weighted by Crippen LogP contribution is 2.38. The van der Waals surface area contributed by atoms with Crippen LogP contribution in [0, 0.1) is 0 Å². The zero-order valence-electron chi connectivity index (χ0n) is 7.98. The first-order valence-electron chi connectivity index (χ1n) is 3.97. The van der Waals surface area contributed by atoms with Crippen molar-refractivity contribution in [2.24, 2.45) is 0 Å². The second-order valence-electron chi connectivity index (χ2n) is 2.82. The molecule has 2 N–H and O–H groups in total. The van der Waals surface area contributed by atoms with E-state index < -0.39 is 35.4 Å². The lowest BCUT2D eigenvalue weighted by Gasteiger charge is -2.13. The number of alkyl halides is 5. The number of hydrogen-bond acceptors (Lipinski definition) is 3. The average Bonchev–Trinajstić information content (AvgIpc) is 2.15. The SMILES string of the molecule is COc1nc(C(F)F)cc(C(F)(F)F)c1N. The minimum Gasteiger partial charge on any atom is -0.480 e. The van der Waals surface area contributed by atoms with E-state index in [2.05, 4.69) is 9.72 Å². The summed E-state index contributed by atoms with van der Waals surface area (Å²) in [6, 6.07) is 0.211. The third-order valence-corrected chi connectivity index (χ3v) is 1.77. The van der Waals surface area contributed by atoms with Gasteiger partial charge in [-0.1, -0.05) is 0 Å². The summed E-state index contributed by atoms with van der Waals surface area (Å²) in [4.78, 5) is 3.17. The van der Waals surface area contributed by atoms with E-state index in [-0.39, 0.29) is 6.07 Å². The summed E-state index contributed by atoms with van der Waals surface area (Å²) in [6.07, 6.45) is -7.96. The first-order valence-corrected chi connectivity index (χ1v) is 3.97. The van der Waals surface area contributed by atoms with Gasteiger partial charge in [0.1, 0.15) is 11.4 Å². The van der Waals surface area contributed by atoms with E-state index in [1.165, 1.54) is 0 Å². The van der Waals surface area contributed by atoms with Crippen LogP contribution in [0.4, 0.5) is 27.6 Å². The van der Waals surface area contributed by atoms with E-state index in [0.717, 1.165) is 7.11 Å². The number of methoxy groups -OCH3 is 1. The number of hydrogen-bond donors (Lipinski definition) is 1. The number of nitrogen functional groups attached to an aromatic ring is 1. The van der Waals surface area contributed by atoms with Gasteiger partial charge in [0.25, 0.3) is 6.43 Å². The fraction of sp³-hybridized carbons (Fsp3) is 0.375. The Morgan fingerprint density at radius 3 is 2.31 bits per heavy atom. The lowest BCUT2D eigenvalue weighted by Crippen LogP contribution is -2.12. The Bertz CT molecular complexity index is 391. The predicted molar refractivity (Wildman–Crippen MR) is 45.2 cm³/mol. The Morgan fingerprint density at radius 1 is 1.38 bits per heavy atom. The smallest absolute Gasteiger partial charge is 0.418 e. The summed E-state index contributed by atoms with van der Waals surface area (Å²) in [5.74, 6) is -0.662. The molecule has 0 bridgehead atoms. The number of nitrogens with zero attached hydrogens (tertiary/aromatic N) is 1. The number of halogens is 5. The number of aromatic nitrogens is 1. The van der Waals surface area contributed by atoms with Gasteiger partial charge in [0.15, 0.2) is 0 Å². The molecule has 0 aliphatic rings. The highest BCUT2D eigenvalue weighted by Gasteiger charge is 2.36. The van der Waals surface area contributed by atoms with Gasteiger partial charge >= 0.3 is 6.18 Å². The highest BCUT2D eigenvalue weighted by atomic mass is 19.4. The van der Waals surface area contributed by atoms with Gasteiger partial charge in [0.2, 0.25) is 5.88 Å². The Morgan fingerprint density at radius 2 is 1.94 bits per heavy atom. The molecule has 1 rings (SSSR count). The summed E-state index contributed by atoms with van der Waals surface area (Å²) < 4.78 is 66.1. The maximum atomic E-state index is 12.4. The van der Waals surface area contributed by atoms with Gasteiger partial charge in [-0.05, 0) is 6.07 Å². The maximum Gasteiger partial charge on any atom is 0.418 e. The van der Waals surface area contributed by atoms with E-state index in [1.807, 2.05) is 0 Å². The second kappa shape index (κ2) is 4.11. The molecule has 0 saturated heterocycles. The molecule has 0 saturated carbocycles. The Kier molecular flexibility index (Phi) is 3.20. The largest absolute Gasteiger partial charge is 0.480 e. The van der Waals surface area contributed by atoms with Crippen molar-refractivity contribution in [3.63, 3.8) is 0 Å². The summed E-state index contributed by atoms with van der Waals surface area (Å²) in [7, 11) is 0.994. The molecule has 1 aromatic rings. The van der Waals surface area contributed by atoms with Crippen molar-refractivity contribution in [2.45, 2.75) is 12.6 Å². The van der Waals surface area contributed by atoms with E-state index in [9.17, 15) is 22.0 Å². The number of nitrogens with two attached hydrogens (primary N) is 1. The van der Waals surface area contributed by atoms with Gasteiger partial charge in [0.05, 0.1) is 12.7 Å². The Labute approximate surface area is 87.0 Å². The standard InChI is InChI=1S/C8H7F5N2O/c1-16-7-5(14)3(8(11,12)13)2-4(15-7)6(9)10/h2,6H,14H2,1H3. The summed E-state index contributed by atoms with van der Waals surface area (Å²) in [6.45, 7) is 0. The van der Waals surface area contributed by atoms with Crippen LogP contribution in [0.2, 0.25) is 0 Å². The molecular weight excluding hydrogens is 235 g/mol. The summed E-state index contributed by atoms with van der Waals surface area (Å²) in [5.41, 5.74) is 1.88. The molecule has 0 spiro atoms. The molecule has 16 heavy (non-hydrogen) atoms. The molecular formula is C8H7F5N2O. The Hall–Kier alpha value is -1.60. The monoisotopic (exact) mass is 242 g/mol. The van der Waals surface area contributed by atoms with Gasteiger partial charge in [-0.2, -0.15) is 13.2 Å². The molecule has 1 aromatic heterocycles. The average molecular weight is 242 g/mol. The zero-order valence-corrected chi connectivity index (χ0v) is 7.98. The van der Waals surface area contributed by atoms with Crippen LogP contribution in [0.1, 0.15) is 17.7 Å². The number of pyridine rings is 1. The van der Waals surface area contributed by atoms with Crippen molar-refractivity contribution in [3.8, 4) is 5.88 Å². The fourth-order valence-corrected chi connectivity index (χ4v) is 1.05. The van der Waals surface area contributed by atoms with Crippen LogP contribution in [-0.2, 0) is 6.18 Å². The van der Waals surface area contributed by atoms with Crippen molar-refractivity contribution in [1.82, 2.24) is 4.98 Å². The molecule has 8 heteroatoms. The Balaban J connectivity index is 3.42. The lowest BCUT2D eigenvalue weighted by molar-refractivity contribution is -0.137. The molecule has 0 aliphatic heterocycles.